The molecule has 1 atom stereocenters. The number of nitrogens with one attached hydrogen (secondary N) is 2. The van der Waals surface area contributed by atoms with Crippen molar-refractivity contribution in [1.29, 1.82) is 0 Å². The monoisotopic (exact) mass is 292 g/mol. The lowest BCUT2D eigenvalue weighted by molar-refractivity contribution is 0.111. The molecule has 0 bridgehead atoms. The molecular formula is C16H24N2O3. The third-order valence-electron chi connectivity index (χ3n) is 3.72. The van der Waals surface area contributed by atoms with Crippen molar-refractivity contribution in [2.24, 2.45) is 0 Å². The fourth-order valence-electron chi connectivity index (χ4n) is 2.57. The lowest BCUT2D eigenvalue weighted by atomic mass is 9.93. The zero-order chi connectivity index (χ0) is 15.3. The molecule has 21 heavy (non-hydrogen) atoms. The second-order valence-electron chi connectivity index (χ2n) is 5.80. The molecule has 1 heterocycles. The smallest absolute Gasteiger partial charge is 0.315 e. The van der Waals surface area contributed by atoms with Gasteiger partial charge in [0, 0.05) is 18.7 Å². The summed E-state index contributed by atoms with van der Waals surface area (Å²) in [6.07, 6.45) is 2.22. The summed E-state index contributed by atoms with van der Waals surface area (Å²) >= 11 is 0. The van der Waals surface area contributed by atoms with Crippen molar-refractivity contribution in [3.05, 3.63) is 29.8 Å². The zero-order valence-electron chi connectivity index (χ0n) is 12.9. The Morgan fingerprint density at radius 3 is 2.86 bits per heavy atom. The van der Waals surface area contributed by atoms with E-state index in [9.17, 15) is 4.79 Å². The number of hydrogen-bond donors (Lipinski definition) is 2. The van der Waals surface area contributed by atoms with Crippen molar-refractivity contribution >= 4 is 6.03 Å². The molecule has 1 aliphatic rings. The Kier molecular flexibility index (Phi) is 5.07. The van der Waals surface area contributed by atoms with Crippen LogP contribution in [-0.4, -0.2) is 32.4 Å². The van der Waals surface area contributed by atoms with Gasteiger partial charge in [0.1, 0.15) is 5.75 Å². The molecular weight excluding hydrogens is 268 g/mol. The Balaban J connectivity index is 1.94. The van der Waals surface area contributed by atoms with Gasteiger partial charge < -0.3 is 20.1 Å². The quantitative estimate of drug-likeness (QED) is 0.876. The third-order valence-corrected chi connectivity index (χ3v) is 3.72. The first kappa shape index (κ1) is 15.6. The Bertz CT molecular complexity index is 482. The lowest BCUT2D eigenvalue weighted by Gasteiger charge is -2.28. The standard InChI is InChI=1S/C16H24N2O3/c1-16(2,13-8-4-5-9-14(13)20-3)18-15(19)17-11-12-7-6-10-21-12/h4-5,8-9,12H,6-7,10-11H2,1-3H3,(H2,17,18,19)/t12-/m1/s1. The first-order valence-corrected chi connectivity index (χ1v) is 7.34. The molecule has 0 saturated carbocycles. The van der Waals surface area contributed by atoms with E-state index < -0.39 is 5.54 Å². The SMILES string of the molecule is COc1ccccc1C(C)(C)NC(=O)NC[C@H]1CCCO1. The fraction of sp³-hybridized carbons (Fsp3) is 0.562. The van der Waals surface area contributed by atoms with E-state index in [4.69, 9.17) is 9.47 Å². The fourth-order valence-corrected chi connectivity index (χ4v) is 2.57. The van der Waals surface area contributed by atoms with Crippen LogP contribution in [0.5, 0.6) is 5.75 Å². The Morgan fingerprint density at radius 1 is 1.43 bits per heavy atom. The van der Waals surface area contributed by atoms with Crippen molar-refractivity contribution in [1.82, 2.24) is 10.6 Å². The van der Waals surface area contributed by atoms with Crippen molar-refractivity contribution in [3.8, 4) is 5.75 Å². The van der Waals surface area contributed by atoms with Gasteiger partial charge in [0.25, 0.3) is 0 Å². The number of carbonyl (C=O) groups excluding carboxylic acids is 1. The zero-order valence-corrected chi connectivity index (χ0v) is 12.9. The van der Waals surface area contributed by atoms with Crippen LogP contribution >= 0.6 is 0 Å². The average Bonchev–Trinajstić information content (AvgIpc) is 2.98. The molecule has 0 spiro atoms. The minimum atomic E-state index is -0.521. The molecule has 1 aromatic carbocycles. The number of benzene rings is 1. The van der Waals surface area contributed by atoms with Crippen LogP contribution in [0.2, 0.25) is 0 Å². The van der Waals surface area contributed by atoms with Crippen LogP contribution < -0.4 is 15.4 Å². The molecule has 5 nitrogen and oxygen atoms in total. The number of methoxy groups -OCH3 is 1. The molecule has 2 rings (SSSR count). The van der Waals surface area contributed by atoms with Gasteiger partial charge in [0.2, 0.25) is 0 Å². The largest absolute Gasteiger partial charge is 0.496 e. The predicted molar refractivity (Wildman–Crippen MR) is 81.5 cm³/mol. The first-order chi connectivity index (χ1) is 10.0. The van der Waals surface area contributed by atoms with Crippen LogP contribution in [0.15, 0.2) is 24.3 Å². The summed E-state index contributed by atoms with van der Waals surface area (Å²) in [5, 5.41) is 5.86. The van der Waals surface area contributed by atoms with Gasteiger partial charge in [-0.15, -0.1) is 0 Å². The van der Waals surface area contributed by atoms with Crippen molar-refractivity contribution < 1.29 is 14.3 Å². The van der Waals surface area contributed by atoms with Gasteiger partial charge in [-0.05, 0) is 32.8 Å². The Labute approximate surface area is 126 Å². The van der Waals surface area contributed by atoms with Gasteiger partial charge in [-0.25, -0.2) is 4.79 Å². The van der Waals surface area contributed by atoms with Crippen LogP contribution in [0.25, 0.3) is 0 Å². The van der Waals surface area contributed by atoms with E-state index in [0.29, 0.717) is 6.54 Å². The van der Waals surface area contributed by atoms with Gasteiger partial charge in [-0.1, -0.05) is 18.2 Å². The number of rotatable bonds is 5. The van der Waals surface area contributed by atoms with Crippen LogP contribution in [-0.2, 0) is 10.3 Å². The highest BCUT2D eigenvalue weighted by molar-refractivity contribution is 5.75. The Hall–Kier alpha value is -1.75. The van der Waals surface area contributed by atoms with Gasteiger partial charge >= 0.3 is 6.03 Å². The summed E-state index contributed by atoms with van der Waals surface area (Å²) in [7, 11) is 1.63. The molecule has 1 aromatic rings. The molecule has 5 heteroatoms. The van der Waals surface area contributed by atoms with E-state index in [0.717, 1.165) is 30.8 Å². The molecule has 0 unspecified atom stereocenters. The maximum Gasteiger partial charge on any atom is 0.315 e. The van der Waals surface area contributed by atoms with Crippen LogP contribution in [0, 0.1) is 0 Å². The molecule has 2 amide bonds. The number of urea groups is 1. The van der Waals surface area contributed by atoms with Gasteiger partial charge in [-0.2, -0.15) is 0 Å². The summed E-state index contributed by atoms with van der Waals surface area (Å²) in [5.74, 6) is 0.766. The van der Waals surface area contributed by atoms with Crippen LogP contribution in [0.4, 0.5) is 4.79 Å². The average molecular weight is 292 g/mol. The molecule has 116 valence electrons. The van der Waals surface area contributed by atoms with Crippen molar-refractivity contribution in [2.75, 3.05) is 20.3 Å². The number of ether oxygens (including phenoxy) is 2. The van der Waals surface area contributed by atoms with E-state index in [-0.39, 0.29) is 12.1 Å². The van der Waals surface area contributed by atoms with E-state index in [1.807, 2.05) is 38.1 Å². The molecule has 0 aliphatic carbocycles. The first-order valence-electron chi connectivity index (χ1n) is 7.34. The third kappa shape index (κ3) is 4.11. The Morgan fingerprint density at radius 2 is 2.19 bits per heavy atom. The van der Waals surface area contributed by atoms with Crippen molar-refractivity contribution in [3.63, 3.8) is 0 Å². The highest BCUT2D eigenvalue weighted by atomic mass is 16.5. The summed E-state index contributed by atoms with van der Waals surface area (Å²) in [6.45, 7) is 5.25. The van der Waals surface area contributed by atoms with E-state index >= 15 is 0 Å². The maximum absolute atomic E-state index is 12.1. The summed E-state index contributed by atoms with van der Waals surface area (Å²) in [4.78, 5) is 12.1. The summed E-state index contributed by atoms with van der Waals surface area (Å²) < 4.78 is 10.9. The van der Waals surface area contributed by atoms with Crippen LogP contribution in [0.3, 0.4) is 0 Å². The maximum atomic E-state index is 12.1. The number of hydrogen-bond acceptors (Lipinski definition) is 3. The van der Waals surface area contributed by atoms with E-state index in [2.05, 4.69) is 10.6 Å². The normalized spacial score (nSPS) is 18.3. The van der Waals surface area contributed by atoms with Gasteiger partial charge in [0.15, 0.2) is 0 Å². The second kappa shape index (κ2) is 6.80. The highest BCUT2D eigenvalue weighted by Crippen LogP contribution is 2.29. The minimum Gasteiger partial charge on any atom is -0.496 e. The van der Waals surface area contributed by atoms with E-state index in [1.165, 1.54) is 0 Å². The predicted octanol–water partition coefficient (Wildman–Crippen LogP) is 2.41. The molecule has 1 saturated heterocycles. The topological polar surface area (TPSA) is 59.6 Å². The number of amides is 2. The summed E-state index contributed by atoms with van der Waals surface area (Å²) in [5.41, 5.74) is 0.424. The second-order valence-corrected chi connectivity index (χ2v) is 5.80. The number of para-hydroxylation sites is 1. The molecule has 2 N–H and O–H groups in total. The minimum absolute atomic E-state index is 0.144. The highest BCUT2D eigenvalue weighted by Gasteiger charge is 2.26. The van der Waals surface area contributed by atoms with Crippen LogP contribution in [0.1, 0.15) is 32.3 Å². The van der Waals surface area contributed by atoms with E-state index in [1.54, 1.807) is 7.11 Å². The van der Waals surface area contributed by atoms with Gasteiger partial charge in [0.05, 0.1) is 18.8 Å². The lowest BCUT2D eigenvalue weighted by Crippen LogP contribution is -2.48. The number of carbonyl (C=O) groups is 1. The molecule has 0 aromatic heterocycles. The molecule has 1 fully saturated rings. The molecule has 0 radical (unpaired) electrons. The van der Waals surface area contributed by atoms with Gasteiger partial charge in [-0.3, -0.25) is 0 Å². The molecule has 1 aliphatic heterocycles. The summed E-state index contributed by atoms with van der Waals surface area (Å²) in [6, 6.07) is 7.50. The van der Waals surface area contributed by atoms with Crippen molar-refractivity contribution in [2.45, 2.75) is 38.3 Å².